The topological polar surface area (TPSA) is 39.2 Å². The molecule has 3 heteroatoms. The lowest BCUT2D eigenvalue weighted by atomic mass is 10.0. The molecule has 0 aliphatic carbocycles. The summed E-state index contributed by atoms with van der Waals surface area (Å²) in [6.07, 6.45) is 1.60. The van der Waals surface area contributed by atoms with Crippen LogP contribution >= 0.6 is 0 Å². The molecule has 2 rings (SSSR count). The third-order valence-electron chi connectivity index (χ3n) is 2.41. The minimum atomic E-state index is -0.228. The molecule has 0 unspecified atom stereocenters. The Hall–Kier alpha value is -1.61. The Morgan fingerprint density at radius 1 is 1.27 bits per heavy atom. The van der Waals surface area contributed by atoms with Gasteiger partial charge in [-0.3, -0.25) is 0 Å². The molecule has 0 saturated heterocycles. The third-order valence-corrected chi connectivity index (χ3v) is 2.41. The van der Waals surface area contributed by atoms with Gasteiger partial charge >= 0.3 is 0 Å². The van der Waals surface area contributed by atoms with E-state index in [2.05, 4.69) is 0 Å². The molecule has 0 atom stereocenters. The fourth-order valence-corrected chi connectivity index (χ4v) is 1.67. The zero-order valence-corrected chi connectivity index (χ0v) is 8.46. The van der Waals surface area contributed by atoms with E-state index >= 15 is 0 Å². The van der Waals surface area contributed by atoms with Crippen molar-refractivity contribution in [3.05, 3.63) is 47.7 Å². The van der Waals surface area contributed by atoms with Crippen molar-refractivity contribution in [2.45, 2.75) is 13.5 Å². The van der Waals surface area contributed by atoms with Crippen LogP contribution in [-0.4, -0.2) is 0 Å². The largest absolute Gasteiger partial charge is 0.467 e. The van der Waals surface area contributed by atoms with Crippen molar-refractivity contribution >= 4 is 0 Å². The highest BCUT2D eigenvalue weighted by atomic mass is 19.1. The molecular formula is C12H12FNO. The average Bonchev–Trinajstić information content (AvgIpc) is 2.65. The zero-order chi connectivity index (χ0) is 10.8. The number of halogens is 1. The Kier molecular flexibility index (Phi) is 2.56. The average molecular weight is 205 g/mol. The molecule has 2 N–H and O–H groups in total. The lowest BCUT2D eigenvalue weighted by molar-refractivity contribution is 0.513. The number of hydrogen-bond donors (Lipinski definition) is 1. The molecule has 0 spiro atoms. The Balaban J connectivity index is 2.54. The number of hydrogen-bond acceptors (Lipinski definition) is 2. The fourth-order valence-electron chi connectivity index (χ4n) is 1.67. The summed E-state index contributed by atoms with van der Waals surface area (Å²) in [6.45, 7) is 2.21. The summed E-state index contributed by atoms with van der Waals surface area (Å²) >= 11 is 0. The van der Waals surface area contributed by atoms with Crippen molar-refractivity contribution in [1.29, 1.82) is 0 Å². The first kappa shape index (κ1) is 9.93. The SMILES string of the molecule is Cc1cc(F)ccc1-c1ccoc1CN. The van der Waals surface area contributed by atoms with E-state index in [-0.39, 0.29) is 5.82 Å². The van der Waals surface area contributed by atoms with Crippen LogP contribution in [0.5, 0.6) is 0 Å². The van der Waals surface area contributed by atoms with E-state index in [0.717, 1.165) is 22.5 Å². The number of rotatable bonds is 2. The molecule has 2 nitrogen and oxygen atoms in total. The first-order chi connectivity index (χ1) is 7.22. The van der Waals surface area contributed by atoms with E-state index in [1.165, 1.54) is 12.1 Å². The van der Waals surface area contributed by atoms with Gasteiger partial charge in [-0.25, -0.2) is 4.39 Å². The van der Waals surface area contributed by atoms with E-state index < -0.39 is 0 Å². The van der Waals surface area contributed by atoms with Crippen molar-refractivity contribution < 1.29 is 8.81 Å². The second-order valence-corrected chi connectivity index (χ2v) is 3.42. The summed E-state index contributed by atoms with van der Waals surface area (Å²) in [5.41, 5.74) is 8.33. The predicted octanol–water partition coefficient (Wildman–Crippen LogP) is 2.85. The monoisotopic (exact) mass is 205 g/mol. The van der Waals surface area contributed by atoms with Crippen LogP contribution in [0.25, 0.3) is 11.1 Å². The van der Waals surface area contributed by atoms with Crippen molar-refractivity contribution in [2.75, 3.05) is 0 Å². The molecule has 0 fully saturated rings. The number of furan rings is 1. The molecule has 1 heterocycles. The van der Waals surface area contributed by atoms with E-state index in [0.29, 0.717) is 6.54 Å². The normalized spacial score (nSPS) is 10.6. The maximum atomic E-state index is 12.9. The lowest BCUT2D eigenvalue weighted by Crippen LogP contribution is -1.96. The molecule has 0 bridgehead atoms. The van der Waals surface area contributed by atoms with E-state index in [4.69, 9.17) is 10.2 Å². The van der Waals surface area contributed by atoms with Gasteiger partial charge < -0.3 is 10.2 Å². The Morgan fingerprint density at radius 3 is 2.73 bits per heavy atom. The molecule has 1 aromatic carbocycles. The number of aryl methyl sites for hydroxylation is 1. The smallest absolute Gasteiger partial charge is 0.125 e. The van der Waals surface area contributed by atoms with Gasteiger partial charge in [0.2, 0.25) is 0 Å². The Labute approximate surface area is 87.5 Å². The number of nitrogens with two attached hydrogens (primary N) is 1. The molecule has 2 aromatic rings. The van der Waals surface area contributed by atoms with Gasteiger partial charge in [-0.15, -0.1) is 0 Å². The molecule has 0 saturated carbocycles. The standard InChI is InChI=1S/C12H12FNO/c1-8-6-9(13)2-3-10(8)11-4-5-15-12(11)7-14/h2-6H,7,14H2,1H3. The minimum absolute atomic E-state index is 0.228. The first-order valence-corrected chi connectivity index (χ1v) is 4.75. The summed E-state index contributed by atoms with van der Waals surface area (Å²) in [6, 6.07) is 6.54. The van der Waals surface area contributed by atoms with E-state index in [1.807, 2.05) is 13.0 Å². The molecule has 0 aliphatic heterocycles. The molecule has 15 heavy (non-hydrogen) atoms. The number of benzene rings is 1. The second kappa shape index (κ2) is 3.87. The molecule has 1 aromatic heterocycles. The summed E-state index contributed by atoms with van der Waals surface area (Å²) < 4.78 is 18.2. The molecular weight excluding hydrogens is 193 g/mol. The van der Waals surface area contributed by atoms with Crippen LogP contribution in [0, 0.1) is 12.7 Å². The highest BCUT2D eigenvalue weighted by Crippen LogP contribution is 2.27. The molecule has 0 aliphatic rings. The van der Waals surface area contributed by atoms with Crippen LogP contribution in [0.4, 0.5) is 4.39 Å². The molecule has 0 amide bonds. The van der Waals surface area contributed by atoms with Crippen LogP contribution in [0.15, 0.2) is 34.9 Å². The van der Waals surface area contributed by atoms with Crippen LogP contribution in [0.1, 0.15) is 11.3 Å². The first-order valence-electron chi connectivity index (χ1n) is 4.75. The van der Waals surface area contributed by atoms with Gasteiger partial charge in [-0.2, -0.15) is 0 Å². The van der Waals surface area contributed by atoms with Crippen molar-refractivity contribution in [1.82, 2.24) is 0 Å². The van der Waals surface area contributed by atoms with Crippen LogP contribution in [0.2, 0.25) is 0 Å². The van der Waals surface area contributed by atoms with Crippen LogP contribution < -0.4 is 5.73 Å². The van der Waals surface area contributed by atoms with Crippen LogP contribution in [-0.2, 0) is 6.54 Å². The fraction of sp³-hybridized carbons (Fsp3) is 0.167. The Bertz CT molecular complexity index is 476. The molecule has 78 valence electrons. The van der Waals surface area contributed by atoms with Crippen LogP contribution in [0.3, 0.4) is 0 Å². The van der Waals surface area contributed by atoms with Gasteiger partial charge in [0.1, 0.15) is 11.6 Å². The van der Waals surface area contributed by atoms with E-state index in [1.54, 1.807) is 12.3 Å². The third kappa shape index (κ3) is 1.78. The minimum Gasteiger partial charge on any atom is -0.467 e. The summed E-state index contributed by atoms with van der Waals surface area (Å²) in [7, 11) is 0. The van der Waals surface area contributed by atoms with Crippen molar-refractivity contribution in [3.63, 3.8) is 0 Å². The Morgan fingerprint density at radius 2 is 2.07 bits per heavy atom. The maximum absolute atomic E-state index is 12.9. The zero-order valence-electron chi connectivity index (χ0n) is 8.46. The van der Waals surface area contributed by atoms with Gasteiger partial charge in [0.05, 0.1) is 12.8 Å². The lowest BCUT2D eigenvalue weighted by Gasteiger charge is -2.05. The second-order valence-electron chi connectivity index (χ2n) is 3.42. The predicted molar refractivity (Wildman–Crippen MR) is 56.7 cm³/mol. The highest BCUT2D eigenvalue weighted by Gasteiger charge is 2.09. The van der Waals surface area contributed by atoms with Gasteiger partial charge in [0.15, 0.2) is 0 Å². The highest BCUT2D eigenvalue weighted by molar-refractivity contribution is 5.68. The van der Waals surface area contributed by atoms with E-state index in [9.17, 15) is 4.39 Å². The molecule has 0 radical (unpaired) electrons. The van der Waals surface area contributed by atoms with Gasteiger partial charge in [-0.1, -0.05) is 6.07 Å². The maximum Gasteiger partial charge on any atom is 0.125 e. The van der Waals surface area contributed by atoms with Gasteiger partial charge in [0, 0.05) is 5.56 Å². The van der Waals surface area contributed by atoms with Gasteiger partial charge in [-0.05, 0) is 36.2 Å². The quantitative estimate of drug-likeness (QED) is 0.818. The summed E-state index contributed by atoms with van der Waals surface area (Å²) in [5.74, 6) is 0.499. The van der Waals surface area contributed by atoms with Crippen molar-refractivity contribution in [3.8, 4) is 11.1 Å². The van der Waals surface area contributed by atoms with Gasteiger partial charge in [0.25, 0.3) is 0 Å². The van der Waals surface area contributed by atoms with Crippen molar-refractivity contribution in [2.24, 2.45) is 5.73 Å². The summed E-state index contributed by atoms with van der Waals surface area (Å²) in [5, 5.41) is 0. The summed E-state index contributed by atoms with van der Waals surface area (Å²) in [4.78, 5) is 0.